The maximum absolute atomic E-state index is 12.3. The van der Waals surface area contributed by atoms with Gasteiger partial charge in [0.15, 0.2) is 0 Å². The predicted octanol–water partition coefficient (Wildman–Crippen LogP) is 4.15. The zero-order chi connectivity index (χ0) is 20.3. The summed E-state index contributed by atoms with van der Waals surface area (Å²) in [6, 6.07) is 28.4. The van der Waals surface area contributed by atoms with Crippen molar-refractivity contribution in [2.24, 2.45) is 0 Å². The van der Waals surface area contributed by atoms with E-state index in [2.05, 4.69) is 29.6 Å². The summed E-state index contributed by atoms with van der Waals surface area (Å²) in [4.78, 5) is 14.4. The lowest BCUT2D eigenvalue weighted by Gasteiger charge is -2.17. The molecule has 0 radical (unpaired) electrons. The Kier molecular flexibility index (Phi) is 7.99. The van der Waals surface area contributed by atoms with Crippen LogP contribution in [-0.4, -0.2) is 24.4 Å². The average Bonchev–Trinajstić information content (AvgIpc) is 2.74. The summed E-state index contributed by atoms with van der Waals surface area (Å²) in [6.07, 6.45) is 0. The monoisotopic (exact) mass is 388 g/mol. The number of nitrogens with one attached hydrogen (secondary N) is 1. The summed E-state index contributed by atoms with van der Waals surface area (Å²) in [5, 5.41) is 3.03. The average molecular weight is 389 g/mol. The normalized spacial score (nSPS) is 10.8. The summed E-state index contributed by atoms with van der Waals surface area (Å²) < 4.78 is 5.86. The number of ether oxygens (including phenoxy) is 1. The van der Waals surface area contributed by atoms with Crippen LogP contribution in [0.1, 0.15) is 22.3 Å². The summed E-state index contributed by atoms with van der Waals surface area (Å²) in [7, 11) is 1.96. The Balaban J connectivity index is 1.45. The van der Waals surface area contributed by atoms with Crippen LogP contribution in [0.15, 0.2) is 84.9 Å². The fourth-order valence-electron chi connectivity index (χ4n) is 3.17. The number of hydrogen-bond donors (Lipinski definition) is 1. The van der Waals surface area contributed by atoms with Gasteiger partial charge >= 0.3 is 0 Å². The van der Waals surface area contributed by atoms with Crippen LogP contribution in [-0.2, 0) is 35.8 Å². The van der Waals surface area contributed by atoms with Crippen molar-refractivity contribution >= 4 is 5.91 Å². The highest BCUT2D eigenvalue weighted by Gasteiger charge is 2.09. The molecule has 0 saturated carbocycles. The quantitative estimate of drug-likeness (QED) is 0.567. The molecular weight excluding hydrogens is 360 g/mol. The minimum atomic E-state index is 0.0171. The number of carbonyl (C=O) groups is 1. The zero-order valence-corrected chi connectivity index (χ0v) is 16.9. The fraction of sp³-hybridized carbons (Fsp3) is 0.240. The van der Waals surface area contributed by atoms with E-state index in [9.17, 15) is 4.79 Å². The van der Waals surface area contributed by atoms with Gasteiger partial charge in [0, 0.05) is 13.1 Å². The van der Waals surface area contributed by atoms with Crippen molar-refractivity contribution in [3.05, 3.63) is 107 Å². The standard InChI is InChI=1S/C25H28N2O2/c1-27(17-21-10-4-2-5-11-21)18-25(28)26-16-23-14-8-9-15-24(23)20-29-19-22-12-6-3-7-13-22/h2-15H,16-20H2,1H3,(H,26,28). The molecule has 0 bridgehead atoms. The summed E-state index contributed by atoms with van der Waals surface area (Å²) >= 11 is 0. The Bertz CT molecular complexity index is 882. The molecule has 4 heteroatoms. The van der Waals surface area contributed by atoms with Gasteiger partial charge in [-0.1, -0.05) is 84.9 Å². The Labute approximate surface area is 173 Å². The number of hydrogen-bond acceptors (Lipinski definition) is 3. The smallest absolute Gasteiger partial charge is 0.234 e. The van der Waals surface area contributed by atoms with Crippen LogP contribution >= 0.6 is 0 Å². The van der Waals surface area contributed by atoms with Crippen molar-refractivity contribution in [2.75, 3.05) is 13.6 Å². The molecule has 0 aliphatic heterocycles. The van der Waals surface area contributed by atoms with Crippen LogP contribution < -0.4 is 5.32 Å². The van der Waals surface area contributed by atoms with Gasteiger partial charge in [0.1, 0.15) is 0 Å². The lowest BCUT2D eigenvalue weighted by molar-refractivity contribution is -0.122. The van der Waals surface area contributed by atoms with E-state index in [1.165, 1.54) is 5.56 Å². The Morgan fingerprint density at radius 2 is 1.38 bits per heavy atom. The van der Waals surface area contributed by atoms with Crippen LogP contribution in [0.3, 0.4) is 0 Å². The Hall–Kier alpha value is -2.95. The third kappa shape index (κ3) is 7.18. The van der Waals surface area contributed by atoms with Gasteiger partial charge in [0.05, 0.1) is 19.8 Å². The minimum absolute atomic E-state index is 0.0171. The largest absolute Gasteiger partial charge is 0.372 e. The van der Waals surface area contributed by atoms with Crippen molar-refractivity contribution < 1.29 is 9.53 Å². The maximum atomic E-state index is 12.3. The molecule has 0 fully saturated rings. The van der Waals surface area contributed by atoms with Crippen molar-refractivity contribution in [1.29, 1.82) is 0 Å². The first kappa shape index (κ1) is 20.8. The first-order valence-corrected chi connectivity index (χ1v) is 9.88. The van der Waals surface area contributed by atoms with Gasteiger partial charge in [-0.2, -0.15) is 0 Å². The molecular formula is C25H28N2O2. The number of carbonyl (C=O) groups excluding carboxylic acids is 1. The molecule has 4 nitrogen and oxygen atoms in total. The van der Waals surface area contributed by atoms with Gasteiger partial charge in [-0.05, 0) is 29.3 Å². The lowest BCUT2D eigenvalue weighted by Crippen LogP contribution is -2.34. The van der Waals surface area contributed by atoms with E-state index < -0.39 is 0 Å². The molecule has 3 rings (SSSR count). The van der Waals surface area contributed by atoms with Crippen LogP contribution in [0.4, 0.5) is 0 Å². The van der Waals surface area contributed by atoms with Crippen molar-refractivity contribution in [3.8, 4) is 0 Å². The second-order valence-electron chi connectivity index (χ2n) is 7.18. The second kappa shape index (κ2) is 11.1. The van der Waals surface area contributed by atoms with Gasteiger partial charge in [0.25, 0.3) is 0 Å². The SMILES string of the molecule is CN(CC(=O)NCc1ccccc1COCc1ccccc1)Cc1ccccc1. The number of likely N-dealkylation sites (N-methyl/N-ethyl adjacent to an activating group) is 1. The molecule has 3 aromatic carbocycles. The molecule has 0 heterocycles. The van der Waals surface area contributed by atoms with Gasteiger partial charge in [0.2, 0.25) is 5.91 Å². The van der Waals surface area contributed by atoms with E-state index in [0.29, 0.717) is 26.3 Å². The Morgan fingerprint density at radius 1 is 0.793 bits per heavy atom. The van der Waals surface area contributed by atoms with Crippen molar-refractivity contribution in [3.63, 3.8) is 0 Å². The highest BCUT2D eigenvalue weighted by Crippen LogP contribution is 2.12. The van der Waals surface area contributed by atoms with E-state index in [4.69, 9.17) is 4.74 Å². The van der Waals surface area contributed by atoms with Crippen LogP contribution in [0.2, 0.25) is 0 Å². The highest BCUT2D eigenvalue weighted by atomic mass is 16.5. The number of rotatable bonds is 10. The first-order chi connectivity index (χ1) is 14.2. The number of nitrogens with zero attached hydrogens (tertiary/aromatic N) is 1. The third-order valence-electron chi connectivity index (χ3n) is 4.67. The van der Waals surface area contributed by atoms with Crippen LogP contribution in [0.25, 0.3) is 0 Å². The molecule has 1 amide bonds. The second-order valence-corrected chi connectivity index (χ2v) is 7.18. The summed E-state index contributed by atoms with van der Waals surface area (Å²) in [6.45, 7) is 2.71. The maximum Gasteiger partial charge on any atom is 0.234 e. The molecule has 1 N–H and O–H groups in total. The van der Waals surface area contributed by atoms with E-state index in [0.717, 1.165) is 23.2 Å². The third-order valence-corrected chi connectivity index (χ3v) is 4.67. The molecule has 0 aliphatic carbocycles. The van der Waals surface area contributed by atoms with Gasteiger partial charge in [-0.15, -0.1) is 0 Å². The fourth-order valence-corrected chi connectivity index (χ4v) is 3.17. The molecule has 0 aliphatic rings. The van der Waals surface area contributed by atoms with Gasteiger partial charge < -0.3 is 10.1 Å². The Morgan fingerprint density at radius 3 is 2.07 bits per heavy atom. The zero-order valence-electron chi connectivity index (χ0n) is 16.9. The molecule has 0 spiro atoms. The molecule has 0 saturated heterocycles. The van der Waals surface area contributed by atoms with Crippen LogP contribution in [0, 0.1) is 0 Å². The molecule has 0 unspecified atom stereocenters. The van der Waals surface area contributed by atoms with E-state index in [-0.39, 0.29) is 5.91 Å². The van der Waals surface area contributed by atoms with Gasteiger partial charge in [-0.25, -0.2) is 0 Å². The topological polar surface area (TPSA) is 41.6 Å². The molecule has 3 aromatic rings. The van der Waals surface area contributed by atoms with E-state index >= 15 is 0 Å². The molecule has 29 heavy (non-hydrogen) atoms. The molecule has 150 valence electrons. The van der Waals surface area contributed by atoms with Crippen LogP contribution in [0.5, 0.6) is 0 Å². The van der Waals surface area contributed by atoms with Crippen molar-refractivity contribution in [1.82, 2.24) is 10.2 Å². The first-order valence-electron chi connectivity index (χ1n) is 9.88. The lowest BCUT2D eigenvalue weighted by atomic mass is 10.1. The summed E-state index contributed by atoms with van der Waals surface area (Å²) in [5.41, 5.74) is 4.53. The number of benzene rings is 3. The van der Waals surface area contributed by atoms with Crippen molar-refractivity contribution in [2.45, 2.75) is 26.3 Å². The molecule has 0 aromatic heterocycles. The molecule has 0 atom stereocenters. The van der Waals surface area contributed by atoms with Gasteiger partial charge in [-0.3, -0.25) is 9.69 Å². The number of amides is 1. The van der Waals surface area contributed by atoms with E-state index in [1.807, 2.05) is 72.6 Å². The highest BCUT2D eigenvalue weighted by molar-refractivity contribution is 5.78. The summed E-state index contributed by atoms with van der Waals surface area (Å²) in [5.74, 6) is 0.0171. The minimum Gasteiger partial charge on any atom is -0.372 e. The predicted molar refractivity (Wildman–Crippen MR) is 116 cm³/mol. The van der Waals surface area contributed by atoms with E-state index in [1.54, 1.807) is 0 Å².